The lowest BCUT2D eigenvalue weighted by Crippen LogP contribution is -2.40. The summed E-state index contributed by atoms with van der Waals surface area (Å²) in [5, 5.41) is 10.3. The third-order valence-electron chi connectivity index (χ3n) is 7.13. The number of carbonyl (C=O) groups is 1. The van der Waals surface area contributed by atoms with Gasteiger partial charge in [-0.05, 0) is 36.8 Å². The fourth-order valence-corrected chi connectivity index (χ4v) is 6.30. The normalized spacial score (nSPS) is 14.8. The van der Waals surface area contributed by atoms with E-state index in [9.17, 15) is 14.9 Å². The van der Waals surface area contributed by atoms with Gasteiger partial charge in [0.1, 0.15) is 12.3 Å². The minimum atomic E-state index is -0.798. The fourth-order valence-electron chi connectivity index (χ4n) is 5.31. The van der Waals surface area contributed by atoms with Gasteiger partial charge in [-0.25, -0.2) is 9.79 Å². The van der Waals surface area contributed by atoms with Crippen LogP contribution in [0.1, 0.15) is 29.7 Å². The third kappa shape index (κ3) is 4.72. The van der Waals surface area contributed by atoms with Crippen molar-refractivity contribution in [2.75, 3.05) is 13.7 Å². The van der Waals surface area contributed by atoms with Gasteiger partial charge in [0.05, 0.1) is 41.6 Å². The number of para-hydroxylation sites is 1. The van der Waals surface area contributed by atoms with Gasteiger partial charge in [-0.3, -0.25) is 9.36 Å². The molecule has 0 amide bonds. The Kier molecular flexibility index (Phi) is 7.30. The second kappa shape index (κ2) is 11.4. The summed E-state index contributed by atoms with van der Waals surface area (Å²) in [6, 6.07) is 25.9. The van der Waals surface area contributed by atoms with Crippen molar-refractivity contribution >= 4 is 40.0 Å². The van der Waals surface area contributed by atoms with Crippen LogP contribution in [0.25, 0.3) is 22.7 Å². The summed E-state index contributed by atoms with van der Waals surface area (Å²) in [6.07, 6.45) is 3.71. The van der Waals surface area contributed by atoms with E-state index in [0.717, 1.165) is 22.0 Å². The molecule has 6 rings (SSSR count). The number of methoxy groups -OCH3 is 1. The van der Waals surface area contributed by atoms with Crippen molar-refractivity contribution in [3.05, 3.63) is 127 Å². The van der Waals surface area contributed by atoms with Crippen molar-refractivity contribution in [3.63, 3.8) is 0 Å². The lowest BCUT2D eigenvalue weighted by Gasteiger charge is -2.26. The minimum absolute atomic E-state index is 0.173. The van der Waals surface area contributed by atoms with Crippen molar-refractivity contribution in [1.82, 2.24) is 9.13 Å². The molecule has 0 saturated carbocycles. The Labute approximate surface area is 245 Å². The highest BCUT2D eigenvalue weighted by Crippen LogP contribution is 2.36. The Morgan fingerprint density at radius 2 is 1.88 bits per heavy atom. The Morgan fingerprint density at radius 3 is 2.64 bits per heavy atom. The topological polar surface area (TPSA) is 98.6 Å². The van der Waals surface area contributed by atoms with Crippen LogP contribution in [0, 0.1) is 11.3 Å². The Morgan fingerprint density at radius 1 is 1.10 bits per heavy atom. The third-order valence-corrected chi connectivity index (χ3v) is 8.11. The van der Waals surface area contributed by atoms with Gasteiger partial charge in [-0.2, -0.15) is 5.26 Å². The number of nitriles is 1. The lowest BCUT2D eigenvalue weighted by molar-refractivity contribution is -0.138. The van der Waals surface area contributed by atoms with Crippen LogP contribution >= 0.6 is 11.3 Å². The first-order chi connectivity index (χ1) is 20.5. The minimum Gasteiger partial charge on any atom is -0.497 e. The fraction of sp³-hybridized carbons (Fsp3) is 0.152. The lowest BCUT2D eigenvalue weighted by atomic mass is 9.93. The summed E-state index contributed by atoms with van der Waals surface area (Å²) >= 11 is 1.26. The molecule has 0 spiro atoms. The van der Waals surface area contributed by atoms with Gasteiger partial charge >= 0.3 is 5.97 Å². The molecule has 208 valence electrons. The van der Waals surface area contributed by atoms with E-state index in [0.29, 0.717) is 26.3 Å². The van der Waals surface area contributed by atoms with Crippen LogP contribution in [0.5, 0.6) is 5.75 Å². The van der Waals surface area contributed by atoms with Crippen molar-refractivity contribution in [2.45, 2.75) is 19.5 Å². The smallest absolute Gasteiger partial charge is 0.338 e. The average Bonchev–Trinajstić information content (AvgIpc) is 3.53. The van der Waals surface area contributed by atoms with Crippen LogP contribution in [0.3, 0.4) is 0 Å². The highest BCUT2D eigenvalue weighted by Gasteiger charge is 2.35. The van der Waals surface area contributed by atoms with Gasteiger partial charge < -0.3 is 14.0 Å². The number of rotatable bonds is 7. The van der Waals surface area contributed by atoms with Crippen LogP contribution in [0.15, 0.2) is 100 Å². The molecule has 3 heterocycles. The summed E-state index contributed by atoms with van der Waals surface area (Å²) < 4.78 is 14.9. The van der Waals surface area contributed by atoms with Gasteiger partial charge in [0.15, 0.2) is 4.80 Å². The number of benzene rings is 3. The number of thiazole rings is 1. The highest BCUT2D eigenvalue weighted by molar-refractivity contribution is 7.07. The molecule has 3 aromatic carbocycles. The summed E-state index contributed by atoms with van der Waals surface area (Å²) in [4.78, 5) is 33.2. The highest BCUT2D eigenvalue weighted by atomic mass is 32.1. The molecular formula is C33H26N4O4S. The second-order valence-corrected chi connectivity index (χ2v) is 10.6. The predicted molar refractivity (Wildman–Crippen MR) is 162 cm³/mol. The standard InChI is InChI=1S/C33H26N4O4S/c1-3-41-32(39)28-29(21-10-5-4-6-11-21)35-33-37(30(28)22-12-9-13-24(18-22)40-2)31(38)27(42-33)19-23-20-36(17-16-34)26-15-8-7-14-25(23)26/h4-15,18-20,30H,3,17H2,1-2H3/b27-19-/t30-/m1/s1. The zero-order chi connectivity index (χ0) is 29.2. The van der Waals surface area contributed by atoms with E-state index in [1.165, 1.54) is 11.3 Å². The maximum Gasteiger partial charge on any atom is 0.338 e. The number of aromatic nitrogens is 2. The zero-order valence-electron chi connectivity index (χ0n) is 23.0. The molecule has 5 aromatic rings. The number of esters is 1. The summed E-state index contributed by atoms with van der Waals surface area (Å²) in [5.41, 5.74) is 3.61. The molecule has 1 atom stereocenters. The Bertz CT molecular complexity index is 2080. The first kappa shape index (κ1) is 27.0. The quantitative estimate of drug-likeness (QED) is 0.268. The van der Waals surface area contributed by atoms with Crippen LogP contribution < -0.4 is 19.6 Å². The Balaban J connectivity index is 1.65. The molecule has 0 aliphatic carbocycles. The van der Waals surface area contributed by atoms with E-state index in [4.69, 9.17) is 14.5 Å². The SMILES string of the molecule is CCOC(=O)C1=C(c2ccccc2)N=c2s/c(=C\c3cn(CC#N)c4ccccc34)c(=O)n2[C@@H]1c1cccc(OC)c1. The molecule has 1 aliphatic heterocycles. The Hall–Kier alpha value is -5.20. The van der Waals surface area contributed by atoms with E-state index < -0.39 is 12.0 Å². The number of fused-ring (bicyclic) bond motifs is 2. The van der Waals surface area contributed by atoms with Gasteiger partial charge in [-0.15, -0.1) is 0 Å². The molecule has 0 radical (unpaired) electrons. The van der Waals surface area contributed by atoms with Crippen molar-refractivity contribution in [1.29, 1.82) is 5.26 Å². The molecule has 0 unspecified atom stereocenters. The molecular weight excluding hydrogens is 548 g/mol. The first-order valence-electron chi connectivity index (χ1n) is 13.4. The average molecular weight is 575 g/mol. The van der Waals surface area contributed by atoms with Crippen LogP contribution in [-0.2, 0) is 16.1 Å². The number of carbonyl (C=O) groups excluding carboxylic acids is 1. The van der Waals surface area contributed by atoms with E-state index in [2.05, 4.69) is 6.07 Å². The summed E-state index contributed by atoms with van der Waals surface area (Å²) in [5.74, 6) is 0.0585. The summed E-state index contributed by atoms with van der Waals surface area (Å²) in [7, 11) is 1.57. The number of hydrogen-bond acceptors (Lipinski definition) is 7. The first-order valence-corrected chi connectivity index (χ1v) is 14.2. The molecule has 9 heteroatoms. The zero-order valence-corrected chi connectivity index (χ0v) is 23.8. The van der Waals surface area contributed by atoms with E-state index in [1.807, 2.05) is 95.7 Å². The molecule has 2 aromatic heterocycles. The molecule has 0 saturated heterocycles. The van der Waals surface area contributed by atoms with Gasteiger partial charge in [0.25, 0.3) is 5.56 Å². The van der Waals surface area contributed by atoms with E-state index >= 15 is 0 Å². The van der Waals surface area contributed by atoms with Crippen molar-refractivity contribution in [2.24, 2.45) is 4.99 Å². The van der Waals surface area contributed by atoms with Gasteiger partial charge in [-0.1, -0.05) is 72.0 Å². The van der Waals surface area contributed by atoms with Crippen molar-refractivity contribution < 1.29 is 14.3 Å². The number of ether oxygens (including phenoxy) is 2. The molecule has 0 fully saturated rings. The van der Waals surface area contributed by atoms with Gasteiger partial charge in [0, 0.05) is 28.2 Å². The van der Waals surface area contributed by atoms with Crippen LogP contribution in [0.4, 0.5) is 0 Å². The monoisotopic (exact) mass is 574 g/mol. The predicted octanol–water partition coefficient (Wildman–Crippen LogP) is 4.42. The molecule has 8 nitrogen and oxygen atoms in total. The van der Waals surface area contributed by atoms with Crippen LogP contribution in [-0.4, -0.2) is 28.8 Å². The van der Waals surface area contributed by atoms with E-state index in [-0.39, 0.29) is 24.3 Å². The molecule has 1 aliphatic rings. The van der Waals surface area contributed by atoms with E-state index in [1.54, 1.807) is 18.6 Å². The summed E-state index contributed by atoms with van der Waals surface area (Å²) in [6.45, 7) is 2.11. The number of nitrogens with zero attached hydrogens (tertiary/aromatic N) is 4. The van der Waals surface area contributed by atoms with Crippen molar-refractivity contribution in [3.8, 4) is 11.8 Å². The molecule has 0 bridgehead atoms. The number of hydrogen-bond donors (Lipinski definition) is 0. The maximum absolute atomic E-state index is 14.2. The second-order valence-electron chi connectivity index (χ2n) is 9.60. The largest absolute Gasteiger partial charge is 0.497 e. The molecule has 42 heavy (non-hydrogen) atoms. The molecule has 0 N–H and O–H groups in total. The maximum atomic E-state index is 14.2. The van der Waals surface area contributed by atoms with Gasteiger partial charge in [0.2, 0.25) is 0 Å². The van der Waals surface area contributed by atoms with Crippen LogP contribution in [0.2, 0.25) is 0 Å².